The molecule has 2 aromatic rings. The van der Waals surface area contributed by atoms with Crippen LogP contribution in [0.25, 0.3) is 0 Å². The highest BCUT2D eigenvalue weighted by Crippen LogP contribution is 2.20. The van der Waals surface area contributed by atoms with Crippen molar-refractivity contribution >= 4 is 29.7 Å². The van der Waals surface area contributed by atoms with Crippen LogP contribution in [0.15, 0.2) is 58.5 Å². The van der Waals surface area contributed by atoms with Crippen molar-refractivity contribution < 1.29 is 28.8 Å². The Kier molecular flexibility index (Phi) is 10.9. The zero-order valence-electron chi connectivity index (χ0n) is 23.2. The van der Waals surface area contributed by atoms with Crippen LogP contribution >= 0.6 is 11.8 Å². The third-order valence-corrected chi connectivity index (χ3v) is 7.33. The number of rotatable bonds is 12. The van der Waals surface area contributed by atoms with E-state index >= 15 is 0 Å². The molecule has 2 aromatic carbocycles. The Morgan fingerprint density at radius 3 is 2.40 bits per heavy atom. The van der Waals surface area contributed by atoms with Gasteiger partial charge in [0.2, 0.25) is 5.96 Å². The van der Waals surface area contributed by atoms with E-state index in [1.54, 1.807) is 14.0 Å². The molecule has 4 rings (SSSR count). The van der Waals surface area contributed by atoms with Gasteiger partial charge in [0, 0.05) is 44.7 Å². The van der Waals surface area contributed by atoms with E-state index in [1.807, 2.05) is 72.2 Å². The van der Waals surface area contributed by atoms with Crippen LogP contribution in [0.3, 0.4) is 0 Å². The molecule has 2 heterocycles. The maximum Gasteiger partial charge on any atom is 0.333 e. The van der Waals surface area contributed by atoms with Crippen LogP contribution < -0.4 is 14.2 Å². The summed E-state index contributed by atoms with van der Waals surface area (Å²) in [5.41, 5.74) is 0.876. The van der Waals surface area contributed by atoms with E-state index in [-0.39, 0.29) is 0 Å². The van der Waals surface area contributed by atoms with Crippen LogP contribution in [-0.4, -0.2) is 109 Å². The number of aliphatic imine (C=N–C) groups is 2. The van der Waals surface area contributed by atoms with E-state index < -0.39 is 12.1 Å². The Morgan fingerprint density at radius 2 is 1.75 bits per heavy atom. The first-order valence-corrected chi connectivity index (χ1v) is 14.4. The summed E-state index contributed by atoms with van der Waals surface area (Å²) in [7, 11) is 3.60. The third-order valence-electron chi connectivity index (χ3n) is 6.39. The molecule has 1 unspecified atom stereocenters. The van der Waals surface area contributed by atoms with Crippen LogP contribution in [-0.2, 0) is 16.0 Å². The van der Waals surface area contributed by atoms with E-state index in [0.29, 0.717) is 50.4 Å². The molecule has 0 radical (unpaired) electrons. The molecule has 12 heteroatoms. The zero-order chi connectivity index (χ0) is 28.3. The van der Waals surface area contributed by atoms with Gasteiger partial charge in [-0.3, -0.25) is 5.01 Å². The number of ether oxygens (including phenoxy) is 4. The number of guanidine groups is 1. The minimum Gasteiger partial charge on any atom is -0.497 e. The number of carboxylic acid groups (broad SMARTS) is 1. The molecule has 0 saturated carbocycles. The first-order valence-electron chi connectivity index (χ1n) is 13.3. The van der Waals surface area contributed by atoms with Crippen molar-refractivity contribution in [2.75, 3.05) is 65.2 Å². The van der Waals surface area contributed by atoms with Crippen LogP contribution in [0.5, 0.6) is 17.2 Å². The Hall–Kier alpha value is -3.48. The van der Waals surface area contributed by atoms with Gasteiger partial charge in [-0.05, 0) is 48.9 Å². The summed E-state index contributed by atoms with van der Waals surface area (Å²) in [5.74, 6) is 4.00. The lowest BCUT2D eigenvalue weighted by Crippen LogP contribution is -2.56. The minimum absolute atomic E-state index is 0.304. The molecule has 0 amide bonds. The topological polar surface area (TPSA) is 109 Å². The fourth-order valence-corrected chi connectivity index (χ4v) is 5.11. The monoisotopic (exact) mass is 571 g/mol. The van der Waals surface area contributed by atoms with Gasteiger partial charge in [0.1, 0.15) is 30.5 Å². The van der Waals surface area contributed by atoms with E-state index in [2.05, 4.69) is 15.0 Å². The SMILES string of the molecule is CCOC(Cc1ccc(OCCN(C)C2=NC(Oc3ccc(OC)cc3)=NCN2N2CCSCC2)cc1)C(=O)O. The van der Waals surface area contributed by atoms with E-state index in [9.17, 15) is 9.90 Å². The number of likely N-dealkylation sites (N-methyl/N-ethyl adjacent to an activating group) is 1. The van der Waals surface area contributed by atoms with Crippen LogP contribution in [0.2, 0.25) is 0 Å². The zero-order valence-corrected chi connectivity index (χ0v) is 24.0. The second kappa shape index (κ2) is 14.8. The Morgan fingerprint density at radius 1 is 1.07 bits per heavy atom. The van der Waals surface area contributed by atoms with Gasteiger partial charge in [-0.15, -0.1) is 0 Å². The van der Waals surface area contributed by atoms with Crippen LogP contribution in [0.1, 0.15) is 12.5 Å². The first-order chi connectivity index (χ1) is 19.5. The summed E-state index contributed by atoms with van der Waals surface area (Å²) in [6.07, 6.45) is -0.551. The first kappa shape index (κ1) is 29.5. The molecule has 1 atom stereocenters. The molecule has 216 valence electrons. The molecule has 0 spiro atoms. The van der Waals surface area contributed by atoms with Crippen LogP contribution in [0, 0.1) is 0 Å². The number of carboxylic acids is 1. The van der Waals surface area contributed by atoms with E-state index in [4.69, 9.17) is 23.9 Å². The Balaban J connectivity index is 1.37. The molecule has 1 saturated heterocycles. The fraction of sp³-hybridized carbons (Fsp3) is 0.464. The lowest BCUT2D eigenvalue weighted by Gasteiger charge is -2.41. The normalized spacial score (nSPS) is 16.5. The van der Waals surface area contributed by atoms with Crippen molar-refractivity contribution in [2.24, 2.45) is 9.98 Å². The molecular weight excluding hydrogens is 534 g/mol. The molecule has 2 aliphatic rings. The second-order valence-electron chi connectivity index (χ2n) is 9.14. The molecular formula is C28H37N5O6S. The van der Waals surface area contributed by atoms with Crippen molar-refractivity contribution in [1.82, 2.24) is 14.9 Å². The van der Waals surface area contributed by atoms with Gasteiger partial charge in [0.05, 0.1) is 13.7 Å². The number of hydrogen-bond donors (Lipinski definition) is 1. The third kappa shape index (κ3) is 8.26. The van der Waals surface area contributed by atoms with E-state index in [0.717, 1.165) is 41.9 Å². The maximum absolute atomic E-state index is 11.4. The number of nitrogens with zero attached hydrogens (tertiary/aromatic N) is 5. The number of aliphatic carboxylic acids is 1. The summed E-state index contributed by atoms with van der Waals surface area (Å²) < 4.78 is 22.5. The van der Waals surface area contributed by atoms with Gasteiger partial charge in [-0.1, -0.05) is 12.1 Å². The highest BCUT2D eigenvalue weighted by atomic mass is 32.2. The van der Waals surface area contributed by atoms with Crippen molar-refractivity contribution in [3.63, 3.8) is 0 Å². The molecule has 1 N–H and O–H groups in total. The predicted molar refractivity (Wildman–Crippen MR) is 155 cm³/mol. The summed E-state index contributed by atoms with van der Waals surface area (Å²) >= 11 is 1.95. The van der Waals surface area contributed by atoms with Gasteiger partial charge in [-0.25, -0.2) is 14.8 Å². The minimum atomic E-state index is -0.962. The molecule has 0 bridgehead atoms. The van der Waals surface area contributed by atoms with Crippen LogP contribution in [0.4, 0.5) is 0 Å². The van der Waals surface area contributed by atoms with Gasteiger partial charge >= 0.3 is 12.0 Å². The summed E-state index contributed by atoms with van der Waals surface area (Å²) in [6.45, 7) is 5.43. The molecule has 2 aliphatic heterocycles. The molecule has 0 aliphatic carbocycles. The maximum atomic E-state index is 11.4. The van der Waals surface area contributed by atoms with Gasteiger partial charge in [-0.2, -0.15) is 16.8 Å². The molecule has 0 aromatic heterocycles. The Bertz CT molecular complexity index is 1150. The number of benzene rings is 2. The van der Waals surface area contributed by atoms with Gasteiger partial charge in [0.15, 0.2) is 6.10 Å². The fourth-order valence-electron chi connectivity index (χ4n) is 4.22. The molecule has 40 heavy (non-hydrogen) atoms. The van der Waals surface area contributed by atoms with Gasteiger partial charge in [0.25, 0.3) is 0 Å². The number of amidine groups is 1. The number of hydrazine groups is 1. The highest BCUT2D eigenvalue weighted by Gasteiger charge is 2.28. The Labute approximate surface area is 239 Å². The summed E-state index contributed by atoms with van der Waals surface area (Å²) in [5, 5.41) is 13.7. The molecule has 1 fully saturated rings. The number of carbonyl (C=O) groups is 1. The second-order valence-corrected chi connectivity index (χ2v) is 10.4. The number of methoxy groups -OCH3 is 1. The smallest absolute Gasteiger partial charge is 0.333 e. The predicted octanol–water partition coefficient (Wildman–Crippen LogP) is 3.07. The number of thioether (sulfide) groups is 1. The largest absolute Gasteiger partial charge is 0.497 e. The van der Waals surface area contributed by atoms with Crippen molar-refractivity contribution in [3.05, 3.63) is 54.1 Å². The van der Waals surface area contributed by atoms with E-state index in [1.165, 1.54) is 0 Å². The highest BCUT2D eigenvalue weighted by molar-refractivity contribution is 7.99. The quantitative estimate of drug-likeness (QED) is 0.408. The molecule has 11 nitrogen and oxygen atoms in total. The van der Waals surface area contributed by atoms with Gasteiger partial charge < -0.3 is 29.0 Å². The summed E-state index contributed by atoms with van der Waals surface area (Å²) in [4.78, 5) is 22.8. The van der Waals surface area contributed by atoms with Crippen molar-refractivity contribution in [3.8, 4) is 17.2 Å². The van der Waals surface area contributed by atoms with Crippen molar-refractivity contribution in [1.29, 1.82) is 0 Å². The lowest BCUT2D eigenvalue weighted by molar-refractivity contribution is -0.149. The average Bonchev–Trinajstić information content (AvgIpc) is 2.98. The average molecular weight is 572 g/mol. The van der Waals surface area contributed by atoms with Crippen molar-refractivity contribution in [2.45, 2.75) is 19.4 Å². The number of hydrogen-bond acceptors (Lipinski definition) is 11. The lowest BCUT2D eigenvalue weighted by atomic mass is 10.1. The summed E-state index contributed by atoms with van der Waals surface area (Å²) in [6, 6.07) is 15.1. The standard InChI is InChI=1S/C28H37N5O6S/c1-4-37-25(26(34)35)19-21-5-7-23(8-6-21)38-16-13-31(2)28-30-27(39-24-11-9-22(36-3)10-12-24)29-20-33(28)32-14-17-40-18-15-32/h5-12,25H,4,13-20H2,1-3H3,(H,34,35).